The summed E-state index contributed by atoms with van der Waals surface area (Å²) in [6.45, 7) is 4.85. The molecular formula is C14H25N5O. The van der Waals surface area contributed by atoms with Gasteiger partial charge in [-0.1, -0.05) is 0 Å². The second-order valence-corrected chi connectivity index (χ2v) is 5.18. The molecule has 1 aromatic heterocycles. The summed E-state index contributed by atoms with van der Waals surface area (Å²) in [6.07, 6.45) is 7.90. The molecule has 1 unspecified atom stereocenters. The van der Waals surface area contributed by atoms with Gasteiger partial charge in [0.05, 0.1) is 12.9 Å². The first-order valence-corrected chi connectivity index (χ1v) is 7.23. The number of aryl methyl sites for hydroxylation is 1. The van der Waals surface area contributed by atoms with Crippen molar-refractivity contribution in [2.75, 3.05) is 40.4 Å². The van der Waals surface area contributed by atoms with Crippen LogP contribution in [0.25, 0.3) is 0 Å². The average molecular weight is 279 g/mol. The number of likely N-dealkylation sites (tertiary alicyclic amines) is 1. The number of nitrogens with zero attached hydrogens (tertiary/aromatic N) is 4. The molecule has 2 heterocycles. The van der Waals surface area contributed by atoms with Gasteiger partial charge in [-0.25, -0.2) is 4.98 Å². The fourth-order valence-electron chi connectivity index (χ4n) is 2.61. The van der Waals surface area contributed by atoms with Crippen LogP contribution < -0.4 is 5.32 Å². The van der Waals surface area contributed by atoms with E-state index in [1.165, 1.54) is 6.42 Å². The van der Waals surface area contributed by atoms with E-state index in [-0.39, 0.29) is 0 Å². The Morgan fingerprint density at radius 2 is 2.45 bits per heavy atom. The van der Waals surface area contributed by atoms with Crippen LogP contribution in [0.2, 0.25) is 0 Å². The average Bonchev–Trinajstić information content (AvgIpc) is 3.11. The zero-order valence-corrected chi connectivity index (χ0v) is 12.5. The number of nitrogens with one attached hydrogen (secondary N) is 1. The first-order chi connectivity index (χ1) is 9.83. The van der Waals surface area contributed by atoms with Crippen molar-refractivity contribution in [1.29, 1.82) is 0 Å². The molecule has 1 aliphatic rings. The summed E-state index contributed by atoms with van der Waals surface area (Å²) in [5, 5.41) is 3.44. The summed E-state index contributed by atoms with van der Waals surface area (Å²) in [4.78, 5) is 10.7. The van der Waals surface area contributed by atoms with E-state index in [0.29, 0.717) is 5.92 Å². The third-order valence-corrected chi connectivity index (χ3v) is 3.63. The highest BCUT2D eigenvalue weighted by Gasteiger charge is 2.24. The van der Waals surface area contributed by atoms with Crippen LogP contribution in [0.5, 0.6) is 0 Å². The highest BCUT2D eigenvalue weighted by molar-refractivity contribution is 5.80. The van der Waals surface area contributed by atoms with Crippen molar-refractivity contribution in [2.45, 2.75) is 19.4 Å². The van der Waals surface area contributed by atoms with E-state index < -0.39 is 0 Å². The van der Waals surface area contributed by atoms with Crippen LogP contribution in [0.1, 0.15) is 12.8 Å². The molecule has 0 bridgehead atoms. The molecular weight excluding hydrogens is 254 g/mol. The molecule has 6 heteroatoms. The minimum absolute atomic E-state index is 0.629. The number of imidazole rings is 1. The standard InChI is InChI=1S/C14H25N5O/c1-15-14(19-8-4-13(10-19)11-20-2)17-5-3-7-18-9-6-16-12-18/h6,9,12-13H,3-5,7-8,10-11H2,1-2H3,(H,15,17). The fraction of sp³-hybridized carbons (Fsp3) is 0.714. The van der Waals surface area contributed by atoms with Crippen molar-refractivity contribution < 1.29 is 4.74 Å². The molecule has 0 aromatic carbocycles. The number of aliphatic imine (C=N–C) groups is 1. The van der Waals surface area contributed by atoms with Crippen LogP contribution in [-0.2, 0) is 11.3 Å². The smallest absolute Gasteiger partial charge is 0.193 e. The molecule has 0 saturated carbocycles. The molecule has 1 aromatic rings. The number of methoxy groups -OCH3 is 1. The number of ether oxygens (including phenoxy) is 1. The number of guanidine groups is 1. The SMILES string of the molecule is CN=C(NCCCn1ccnc1)N1CCC(COC)C1. The van der Waals surface area contributed by atoms with Crippen molar-refractivity contribution in [2.24, 2.45) is 10.9 Å². The van der Waals surface area contributed by atoms with Crippen molar-refractivity contribution in [3.63, 3.8) is 0 Å². The van der Waals surface area contributed by atoms with E-state index in [1.807, 2.05) is 25.8 Å². The van der Waals surface area contributed by atoms with Gasteiger partial charge in [-0.2, -0.15) is 0 Å². The molecule has 0 spiro atoms. The van der Waals surface area contributed by atoms with E-state index in [4.69, 9.17) is 4.74 Å². The van der Waals surface area contributed by atoms with Gasteiger partial charge in [0.15, 0.2) is 5.96 Å². The Morgan fingerprint density at radius 1 is 1.55 bits per heavy atom. The Morgan fingerprint density at radius 3 is 3.15 bits per heavy atom. The predicted octanol–water partition coefficient (Wildman–Crippen LogP) is 0.817. The molecule has 0 radical (unpaired) electrons. The first-order valence-electron chi connectivity index (χ1n) is 7.23. The molecule has 0 amide bonds. The number of aromatic nitrogens is 2. The third kappa shape index (κ3) is 4.23. The van der Waals surface area contributed by atoms with Crippen LogP contribution in [0, 0.1) is 5.92 Å². The Hall–Kier alpha value is -1.56. The van der Waals surface area contributed by atoms with Crippen molar-refractivity contribution in [3.05, 3.63) is 18.7 Å². The first kappa shape index (κ1) is 14.8. The van der Waals surface area contributed by atoms with Gasteiger partial charge >= 0.3 is 0 Å². The monoisotopic (exact) mass is 279 g/mol. The second kappa shape index (κ2) is 7.89. The van der Waals surface area contributed by atoms with Crippen molar-refractivity contribution >= 4 is 5.96 Å². The number of hydrogen-bond acceptors (Lipinski definition) is 3. The van der Waals surface area contributed by atoms with Crippen LogP contribution in [0.15, 0.2) is 23.7 Å². The molecule has 6 nitrogen and oxygen atoms in total. The molecule has 112 valence electrons. The van der Waals surface area contributed by atoms with Gasteiger partial charge in [0.2, 0.25) is 0 Å². The van der Waals surface area contributed by atoms with E-state index in [9.17, 15) is 0 Å². The molecule has 1 atom stereocenters. The van der Waals surface area contributed by atoms with Gasteiger partial charge < -0.3 is 19.5 Å². The second-order valence-electron chi connectivity index (χ2n) is 5.18. The normalized spacial score (nSPS) is 19.6. The predicted molar refractivity (Wildman–Crippen MR) is 79.8 cm³/mol. The summed E-state index contributed by atoms with van der Waals surface area (Å²) < 4.78 is 7.32. The van der Waals surface area contributed by atoms with E-state index in [0.717, 1.165) is 45.2 Å². The maximum atomic E-state index is 5.23. The van der Waals surface area contributed by atoms with Gasteiger partial charge in [0, 0.05) is 58.6 Å². The summed E-state index contributed by atoms with van der Waals surface area (Å²) >= 11 is 0. The van der Waals surface area contributed by atoms with E-state index in [1.54, 1.807) is 7.11 Å². The lowest BCUT2D eigenvalue weighted by Crippen LogP contribution is -2.40. The number of hydrogen-bond donors (Lipinski definition) is 1. The molecule has 1 N–H and O–H groups in total. The summed E-state index contributed by atoms with van der Waals surface area (Å²) in [6, 6.07) is 0. The van der Waals surface area contributed by atoms with E-state index >= 15 is 0 Å². The highest BCUT2D eigenvalue weighted by atomic mass is 16.5. The maximum absolute atomic E-state index is 5.23. The minimum Gasteiger partial charge on any atom is -0.384 e. The van der Waals surface area contributed by atoms with Crippen LogP contribution in [0.3, 0.4) is 0 Å². The molecule has 2 rings (SSSR count). The van der Waals surface area contributed by atoms with Gasteiger partial charge in [0.25, 0.3) is 0 Å². The highest BCUT2D eigenvalue weighted by Crippen LogP contribution is 2.16. The molecule has 20 heavy (non-hydrogen) atoms. The lowest BCUT2D eigenvalue weighted by molar-refractivity contribution is 0.157. The maximum Gasteiger partial charge on any atom is 0.193 e. The topological polar surface area (TPSA) is 54.7 Å². The molecule has 0 aliphatic carbocycles. The Bertz CT molecular complexity index is 404. The van der Waals surface area contributed by atoms with Crippen molar-refractivity contribution in [1.82, 2.24) is 19.8 Å². The van der Waals surface area contributed by atoms with Gasteiger partial charge in [-0.3, -0.25) is 4.99 Å². The minimum atomic E-state index is 0.629. The fourth-order valence-corrected chi connectivity index (χ4v) is 2.61. The van der Waals surface area contributed by atoms with Crippen LogP contribution >= 0.6 is 0 Å². The van der Waals surface area contributed by atoms with Crippen LogP contribution in [-0.4, -0.2) is 60.8 Å². The van der Waals surface area contributed by atoms with E-state index in [2.05, 4.69) is 24.8 Å². The quantitative estimate of drug-likeness (QED) is 0.476. The third-order valence-electron chi connectivity index (χ3n) is 3.63. The number of rotatable bonds is 6. The molecule has 1 fully saturated rings. The summed E-state index contributed by atoms with van der Waals surface area (Å²) in [5.74, 6) is 1.64. The Labute approximate surface area is 120 Å². The zero-order valence-electron chi connectivity index (χ0n) is 12.5. The van der Waals surface area contributed by atoms with Gasteiger partial charge in [0.1, 0.15) is 0 Å². The summed E-state index contributed by atoms with van der Waals surface area (Å²) in [5.41, 5.74) is 0. The molecule has 1 saturated heterocycles. The summed E-state index contributed by atoms with van der Waals surface area (Å²) in [7, 11) is 3.62. The van der Waals surface area contributed by atoms with Crippen LogP contribution in [0.4, 0.5) is 0 Å². The lowest BCUT2D eigenvalue weighted by Gasteiger charge is -2.21. The van der Waals surface area contributed by atoms with Crippen molar-refractivity contribution in [3.8, 4) is 0 Å². The molecule has 1 aliphatic heterocycles. The largest absolute Gasteiger partial charge is 0.384 e. The van der Waals surface area contributed by atoms with Gasteiger partial charge in [-0.15, -0.1) is 0 Å². The Kier molecular flexibility index (Phi) is 5.86. The Balaban J connectivity index is 1.68. The lowest BCUT2D eigenvalue weighted by atomic mass is 10.1. The van der Waals surface area contributed by atoms with Gasteiger partial charge in [-0.05, 0) is 12.8 Å². The zero-order chi connectivity index (χ0) is 14.2.